The van der Waals surface area contributed by atoms with Gasteiger partial charge in [-0.1, -0.05) is 6.07 Å². The number of halogens is 3. The first kappa shape index (κ1) is 27.9. The SMILES string of the molecule is COc1ccc(-c2[nH]c3ccc(C4CCN(C(=O)[C@@H]5CCCN5C(C)=O)CC4)cc3c2CC(F)(F)F)cc1OC. The summed E-state index contributed by atoms with van der Waals surface area (Å²) in [6.45, 7) is 3.23. The van der Waals surface area contributed by atoms with E-state index in [1.165, 1.54) is 21.1 Å². The Bertz CT molecular complexity index is 1410. The van der Waals surface area contributed by atoms with E-state index in [1.54, 1.807) is 23.1 Å². The molecule has 1 N–H and O–H groups in total. The molecule has 1 aromatic heterocycles. The summed E-state index contributed by atoms with van der Waals surface area (Å²) < 4.78 is 52.0. The Balaban J connectivity index is 1.41. The number of aromatic amines is 1. The Morgan fingerprint density at radius 2 is 1.70 bits per heavy atom. The molecule has 0 radical (unpaired) electrons. The number of fused-ring (bicyclic) bond motifs is 1. The van der Waals surface area contributed by atoms with Crippen molar-refractivity contribution >= 4 is 22.7 Å². The Morgan fingerprint density at radius 3 is 2.35 bits per heavy atom. The lowest BCUT2D eigenvalue weighted by atomic mass is 9.88. The number of hydrogen-bond donors (Lipinski definition) is 1. The van der Waals surface area contributed by atoms with Gasteiger partial charge in [-0.05, 0) is 73.1 Å². The van der Waals surface area contributed by atoms with Gasteiger partial charge in [0.05, 0.1) is 26.3 Å². The minimum atomic E-state index is -4.39. The average Bonchev–Trinajstić information content (AvgIpc) is 3.57. The number of nitrogens with one attached hydrogen (secondary N) is 1. The van der Waals surface area contributed by atoms with Crippen LogP contribution in [0.3, 0.4) is 0 Å². The summed E-state index contributed by atoms with van der Waals surface area (Å²) >= 11 is 0. The second kappa shape index (κ2) is 11.1. The van der Waals surface area contributed by atoms with E-state index in [2.05, 4.69) is 4.98 Å². The van der Waals surface area contributed by atoms with Crippen molar-refractivity contribution in [1.29, 1.82) is 0 Å². The van der Waals surface area contributed by atoms with E-state index in [0.717, 1.165) is 12.0 Å². The van der Waals surface area contributed by atoms with Crippen LogP contribution in [-0.4, -0.2) is 72.7 Å². The predicted molar refractivity (Wildman–Crippen MR) is 146 cm³/mol. The van der Waals surface area contributed by atoms with Gasteiger partial charge in [0.1, 0.15) is 6.04 Å². The van der Waals surface area contributed by atoms with Crippen LogP contribution in [-0.2, 0) is 16.0 Å². The minimum Gasteiger partial charge on any atom is -0.493 e. The lowest BCUT2D eigenvalue weighted by Gasteiger charge is -2.35. The van der Waals surface area contributed by atoms with Gasteiger partial charge in [-0.2, -0.15) is 13.2 Å². The smallest absolute Gasteiger partial charge is 0.393 e. The number of aromatic nitrogens is 1. The lowest BCUT2D eigenvalue weighted by molar-refractivity contribution is -0.143. The number of carbonyl (C=O) groups excluding carboxylic acids is 2. The average molecular weight is 558 g/mol. The van der Waals surface area contributed by atoms with Gasteiger partial charge in [-0.25, -0.2) is 0 Å². The fraction of sp³-hybridized carbons (Fsp3) is 0.467. The first-order chi connectivity index (χ1) is 19.1. The quantitative estimate of drug-likeness (QED) is 0.424. The number of nitrogens with zero attached hydrogens (tertiary/aromatic N) is 2. The number of hydrogen-bond acceptors (Lipinski definition) is 4. The first-order valence-electron chi connectivity index (χ1n) is 13.6. The molecule has 2 aliphatic heterocycles. The molecule has 3 heterocycles. The van der Waals surface area contributed by atoms with Crippen LogP contribution in [0, 0.1) is 0 Å². The molecule has 5 rings (SSSR count). The zero-order valence-corrected chi connectivity index (χ0v) is 22.9. The Morgan fingerprint density at radius 1 is 0.975 bits per heavy atom. The molecule has 214 valence electrons. The van der Waals surface area contributed by atoms with Crippen molar-refractivity contribution in [3.8, 4) is 22.8 Å². The van der Waals surface area contributed by atoms with E-state index in [1.807, 2.05) is 23.1 Å². The maximum Gasteiger partial charge on any atom is 0.393 e. The highest BCUT2D eigenvalue weighted by molar-refractivity contribution is 5.92. The van der Waals surface area contributed by atoms with Gasteiger partial charge in [0, 0.05) is 43.0 Å². The highest BCUT2D eigenvalue weighted by atomic mass is 19.4. The van der Waals surface area contributed by atoms with Crippen molar-refractivity contribution in [2.45, 2.75) is 57.2 Å². The van der Waals surface area contributed by atoms with E-state index < -0.39 is 12.6 Å². The normalized spacial score (nSPS) is 18.4. The Kier molecular flexibility index (Phi) is 7.70. The van der Waals surface area contributed by atoms with E-state index >= 15 is 0 Å². The highest BCUT2D eigenvalue weighted by Crippen LogP contribution is 2.40. The summed E-state index contributed by atoms with van der Waals surface area (Å²) in [5.74, 6) is 0.974. The van der Waals surface area contributed by atoms with Crippen molar-refractivity contribution in [2.24, 2.45) is 0 Å². The summed E-state index contributed by atoms with van der Waals surface area (Å²) in [7, 11) is 2.99. The summed E-state index contributed by atoms with van der Waals surface area (Å²) in [5, 5.41) is 0.543. The third-order valence-electron chi connectivity index (χ3n) is 8.20. The third kappa shape index (κ3) is 5.48. The maximum atomic E-state index is 13.8. The van der Waals surface area contributed by atoms with Gasteiger partial charge in [-0.15, -0.1) is 0 Å². The monoisotopic (exact) mass is 557 g/mol. The fourth-order valence-electron chi connectivity index (χ4n) is 6.19. The molecule has 1 atom stereocenters. The molecule has 0 bridgehead atoms. The van der Waals surface area contributed by atoms with Gasteiger partial charge in [0.25, 0.3) is 0 Å². The largest absolute Gasteiger partial charge is 0.493 e. The number of H-pyrrole nitrogens is 1. The Hall–Kier alpha value is -3.69. The number of amides is 2. The van der Waals surface area contributed by atoms with Crippen LogP contribution in [0.1, 0.15) is 49.7 Å². The van der Waals surface area contributed by atoms with Crippen LogP contribution in [0.15, 0.2) is 36.4 Å². The maximum absolute atomic E-state index is 13.8. The number of benzene rings is 2. The molecule has 7 nitrogen and oxygen atoms in total. The molecule has 0 aliphatic carbocycles. The predicted octanol–water partition coefficient (Wildman–Crippen LogP) is 5.67. The van der Waals surface area contributed by atoms with Gasteiger partial charge >= 0.3 is 6.18 Å². The van der Waals surface area contributed by atoms with Crippen molar-refractivity contribution in [3.05, 3.63) is 47.5 Å². The van der Waals surface area contributed by atoms with Crippen LogP contribution in [0.2, 0.25) is 0 Å². The minimum absolute atomic E-state index is 0.000684. The molecule has 0 unspecified atom stereocenters. The molecule has 3 aromatic rings. The zero-order chi connectivity index (χ0) is 28.6. The van der Waals surface area contributed by atoms with Crippen LogP contribution < -0.4 is 9.47 Å². The summed E-state index contributed by atoms with van der Waals surface area (Å²) in [5.41, 5.74) is 2.76. The number of carbonyl (C=O) groups is 2. The summed E-state index contributed by atoms with van der Waals surface area (Å²) in [6, 6.07) is 10.4. The molecule has 2 amide bonds. The number of rotatable bonds is 6. The first-order valence-corrected chi connectivity index (χ1v) is 13.6. The van der Waals surface area contributed by atoms with Gasteiger partial charge in [0.2, 0.25) is 11.8 Å². The molecule has 0 saturated carbocycles. The number of alkyl halides is 3. The molecular weight excluding hydrogens is 523 g/mol. The fourth-order valence-corrected chi connectivity index (χ4v) is 6.19. The molecule has 40 heavy (non-hydrogen) atoms. The van der Waals surface area contributed by atoms with Crippen LogP contribution >= 0.6 is 0 Å². The van der Waals surface area contributed by atoms with Crippen molar-refractivity contribution in [1.82, 2.24) is 14.8 Å². The van der Waals surface area contributed by atoms with Crippen LogP contribution in [0.4, 0.5) is 13.2 Å². The van der Waals surface area contributed by atoms with E-state index in [0.29, 0.717) is 72.6 Å². The topological polar surface area (TPSA) is 74.9 Å². The molecular formula is C30H34F3N3O4. The van der Waals surface area contributed by atoms with Crippen molar-refractivity contribution in [2.75, 3.05) is 33.9 Å². The second-order valence-corrected chi connectivity index (χ2v) is 10.6. The summed E-state index contributed by atoms with van der Waals surface area (Å²) in [6.07, 6.45) is -2.52. The highest BCUT2D eigenvalue weighted by Gasteiger charge is 2.37. The van der Waals surface area contributed by atoms with Gasteiger partial charge in [-0.3, -0.25) is 9.59 Å². The van der Waals surface area contributed by atoms with Gasteiger partial charge in [0.15, 0.2) is 11.5 Å². The molecule has 10 heteroatoms. The van der Waals surface area contributed by atoms with Gasteiger partial charge < -0.3 is 24.3 Å². The van der Waals surface area contributed by atoms with E-state index in [9.17, 15) is 22.8 Å². The number of methoxy groups -OCH3 is 2. The zero-order valence-electron chi connectivity index (χ0n) is 22.9. The van der Waals surface area contributed by atoms with Crippen molar-refractivity contribution in [3.63, 3.8) is 0 Å². The number of ether oxygens (including phenoxy) is 2. The standard InChI is InChI=1S/C30H34F3N3O4/c1-18(37)36-12-4-5-25(36)29(38)35-13-10-19(11-14-35)20-6-8-24-22(15-20)23(17-30(31,32)33)28(34-24)21-7-9-26(39-2)27(16-21)40-3/h6-9,15-16,19,25,34H,4-5,10-14,17H2,1-3H3/t25-/m0/s1. The lowest BCUT2D eigenvalue weighted by Crippen LogP contribution is -2.49. The third-order valence-corrected chi connectivity index (χ3v) is 8.20. The molecule has 2 aromatic carbocycles. The molecule has 2 aliphatic rings. The second-order valence-electron chi connectivity index (χ2n) is 10.6. The molecule has 0 spiro atoms. The van der Waals surface area contributed by atoms with Crippen LogP contribution in [0.25, 0.3) is 22.2 Å². The van der Waals surface area contributed by atoms with E-state index in [-0.39, 0.29) is 29.3 Å². The van der Waals surface area contributed by atoms with Crippen molar-refractivity contribution < 1.29 is 32.2 Å². The summed E-state index contributed by atoms with van der Waals surface area (Å²) in [4.78, 5) is 31.8. The number of piperidine rings is 1. The molecule has 2 fully saturated rings. The molecule has 2 saturated heterocycles. The van der Waals surface area contributed by atoms with E-state index in [4.69, 9.17) is 9.47 Å². The number of likely N-dealkylation sites (tertiary alicyclic amines) is 2. The Labute approximate surface area is 231 Å². The van der Waals surface area contributed by atoms with Crippen LogP contribution in [0.5, 0.6) is 11.5 Å².